The summed E-state index contributed by atoms with van der Waals surface area (Å²) in [5, 5.41) is 2.42. The summed E-state index contributed by atoms with van der Waals surface area (Å²) in [6.07, 6.45) is 0.567. The number of epoxide rings is 1. The number of carbonyl (C=O) groups is 2. The zero-order chi connectivity index (χ0) is 11.1. The largest absolute Gasteiger partial charge is 0.461 e. The van der Waals surface area contributed by atoms with Gasteiger partial charge in [0.2, 0.25) is 0 Å². The molecule has 1 N–H and O–H groups in total. The van der Waals surface area contributed by atoms with Crippen LogP contribution in [-0.2, 0) is 19.0 Å². The Bertz CT molecular complexity index is 249. The SMILES string of the molecule is C=CC(=O)OCCNC(=O)OCC1CO1. The number of amides is 1. The predicted octanol–water partition coefficient (Wildman–Crippen LogP) is -0.159. The van der Waals surface area contributed by atoms with Gasteiger partial charge in [0.25, 0.3) is 0 Å². The molecule has 1 aliphatic heterocycles. The van der Waals surface area contributed by atoms with Crippen molar-refractivity contribution in [1.82, 2.24) is 5.32 Å². The van der Waals surface area contributed by atoms with Gasteiger partial charge in [-0.3, -0.25) is 0 Å². The molecule has 1 atom stereocenters. The van der Waals surface area contributed by atoms with Gasteiger partial charge >= 0.3 is 12.1 Å². The van der Waals surface area contributed by atoms with Crippen molar-refractivity contribution < 1.29 is 23.8 Å². The van der Waals surface area contributed by atoms with E-state index in [0.29, 0.717) is 6.61 Å². The van der Waals surface area contributed by atoms with Crippen molar-refractivity contribution in [1.29, 1.82) is 0 Å². The first-order valence-corrected chi connectivity index (χ1v) is 4.54. The van der Waals surface area contributed by atoms with Crippen molar-refractivity contribution in [3.63, 3.8) is 0 Å². The molecule has 15 heavy (non-hydrogen) atoms. The van der Waals surface area contributed by atoms with Crippen molar-refractivity contribution in [2.75, 3.05) is 26.4 Å². The predicted molar refractivity (Wildman–Crippen MR) is 50.2 cm³/mol. The van der Waals surface area contributed by atoms with Gasteiger partial charge in [-0.2, -0.15) is 0 Å². The summed E-state index contributed by atoms with van der Waals surface area (Å²) < 4.78 is 14.2. The maximum absolute atomic E-state index is 10.9. The van der Waals surface area contributed by atoms with Crippen molar-refractivity contribution in [2.45, 2.75) is 6.10 Å². The van der Waals surface area contributed by atoms with Gasteiger partial charge in [-0.1, -0.05) is 6.58 Å². The number of esters is 1. The molecule has 0 aliphatic carbocycles. The maximum atomic E-state index is 10.9. The summed E-state index contributed by atoms with van der Waals surface area (Å²) in [5.74, 6) is -0.517. The second-order valence-electron chi connectivity index (χ2n) is 2.85. The lowest BCUT2D eigenvalue weighted by Crippen LogP contribution is -2.29. The Morgan fingerprint density at radius 1 is 1.53 bits per heavy atom. The van der Waals surface area contributed by atoms with Gasteiger partial charge < -0.3 is 19.5 Å². The van der Waals surface area contributed by atoms with E-state index in [0.717, 1.165) is 6.08 Å². The van der Waals surface area contributed by atoms with E-state index in [2.05, 4.69) is 16.6 Å². The van der Waals surface area contributed by atoms with Gasteiger partial charge in [-0.05, 0) is 0 Å². The second-order valence-corrected chi connectivity index (χ2v) is 2.85. The van der Waals surface area contributed by atoms with Crippen LogP contribution in [0.3, 0.4) is 0 Å². The van der Waals surface area contributed by atoms with Crippen LogP contribution in [0.5, 0.6) is 0 Å². The summed E-state index contributed by atoms with van der Waals surface area (Å²) in [6.45, 7) is 4.44. The number of rotatable bonds is 6. The van der Waals surface area contributed by atoms with E-state index in [1.54, 1.807) is 0 Å². The molecule has 0 aromatic rings. The quantitative estimate of drug-likeness (QED) is 0.288. The van der Waals surface area contributed by atoms with Crippen LogP contribution in [0.25, 0.3) is 0 Å². The summed E-state index contributed by atoms with van der Waals surface area (Å²) in [4.78, 5) is 21.5. The highest BCUT2D eigenvalue weighted by Crippen LogP contribution is 2.08. The molecular formula is C9H13NO5. The molecule has 0 saturated carbocycles. The van der Waals surface area contributed by atoms with E-state index < -0.39 is 12.1 Å². The summed E-state index contributed by atoms with van der Waals surface area (Å²) in [7, 11) is 0. The minimum absolute atomic E-state index is 0.0503. The van der Waals surface area contributed by atoms with Gasteiger partial charge in [0, 0.05) is 6.08 Å². The Hall–Kier alpha value is -1.56. The van der Waals surface area contributed by atoms with Crippen LogP contribution in [0.4, 0.5) is 4.79 Å². The normalized spacial score (nSPS) is 17.7. The van der Waals surface area contributed by atoms with Gasteiger partial charge in [0.1, 0.15) is 19.3 Å². The number of hydrogen-bond acceptors (Lipinski definition) is 5. The third kappa shape index (κ3) is 5.69. The first kappa shape index (κ1) is 11.5. The molecule has 1 amide bonds. The fourth-order valence-electron chi connectivity index (χ4n) is 0.748. The lowest BCUT2D eigenvalue weighted by molar-refractivity contribution is -0.137. The highest BCUT2D eigenvalue weighted by molar-refractivity contribution is 5.81. The molecule has 1 heterocycles. The molecule has 1 unspecified atom stereocenters. The molecule has 84 valence electrons. The van der Waals surface area contributed by atoms with Crippen LogP contribution in [0.2, 0.25) is 0 Å². The molecule has 6 nitrogen and oxygen atoms in total. The first-order valence-electron chi connectivity index (χ1n) is 4.54. The molecule has 6 heteroatoms. The second kappa shape index (κ2) is 6.02. The summed E-state index contributed by atoms with van der Waals surface area (Å²) in [5.41, 5.74) is 0. The lowest BCUT2D eigenvalue weighted by Gasteiger charge is -2.05. The Morgan fingerprint density at radius 3 is 2.87 bits per heavy atom. The third-order valence-electron chi connectivity index (χ3n) is 1.59. The van der Waals surface area contributed by atoms with E-state index >= 15 is 0 Å². The van der Waals surface area contributed by atoms with Crippen LogP contribution in [-0.4, -0.2) is 44.5 Å². The summed E-state index contributed by atoms with van der Waals surface area (Å²) in [6, 6.07) is 0. The average molecular weight is 215 g/mol. The van der Waals surface area contributed by atoms with Gasteiger partial charge in [0.15, 0.2) is 0 Å². The zero-order valence-electron chi connectivity index (χ0n) is 8.23. The highest BCUT2D eigenvalue weighted by Gasteiger charge is 2.23. The smallest absolute Gasteiger partial charge is 0.407 e. The van der Waals surface area contributed by atoms with E-state index in [-0.39, 0.29) is 25.9 Å². The average Bonchev–Trinajstić information content (AvgIpc) is 3.04. The molecule has 1 saturated heterocycles. The Labute approximate surface area is 87.2 Å². The minimum Gasteiger partial charge on any atom is -0.461 e. The molecule has 1 fully saturated rings. The minimum atomic E-state index is -0.542. The van der Waals surface area contributed by atoms with Crippen molar-refractivity contribution >= 4 is 12.1 Å². The summed E-state index contributed by atoms with van der Waals surface area (Å²) >= 11 is 0. The Morgan fingerprint density at radius 2 is 2.27 bits per heavy atom. The van der Waals surface area contributed by atoms with Crippen molar-refractivity contribution in [3.8, 4) is 0 Å². The van der Waals surface area contributed by atoms with E-state index in [9.17, 15) is 9.59 Å². The molecule has 1 aliphatic rings. The molecule has 0 aromatic carbocycles. The fraction of sp³-hybridized carbons (Fsp3) is 0.556. The monoisotopic (exact) mass is 215 g/mol. The van der Waals surface area contributed by atoms with Crippen LogP contribution in [0, 0.1) is 0 Å². The van der Waals surface area contributed by atoms with Gasteiger partial charge in [-0.15, -0.1) is 0 Å². The number of carbonyl (C=O) groups excluding carboxylic acids is 2. The molecule has 0 radical (unpaired) electrons. The molecule has 0 bridgehead atoms. The van der Waals surface area contributed by atoms with E-state index in [4.69, 9.17) is 9.47 Å². The molecule has 0 aromatic heterocycles. The topological polar surface area (TPSA) is 77.2 Å². The van der Waals surface area contributed by atoms with Crippen LogP contribution >= 0.6 is 0 Å². The molecule has 1 rings (SSSR count). The van der Waals surface area contributed by atoms with E-state index in [1.165, 1.54) is 0 Å². The van der Waals surface area contributed by atoms with Crippen molar-refractivity contribution in [2.24, 2.45) is 0 Å². The Kier molecular flexibility index (Phi) is 4.62. The van der Waals surface area contributed by atoms with E-state index in [1.807, 2.05) is 0 Å². The number of alkyl carbamates (subject to hydrolysis) is 1. The van der Waals surface area contributed by atoms with Gasteiger partial charge in [0.05, 0.1) is 13.2 Å². The number of nitrogens with one attached hydrogen (secondary N) is 1. The molecule has 0 spiro atoms. The van der Waals surface area contributed by atoms with Crippen LogP contribution in [0.15, 0.2) is 12.7 Å². The number of hydrogen-bond donors (Lipinski definition) is 1. The number of ether oxygens (including phenoxy) is 3. The van der Waals surface area contributed by atoms with Crippen LogP contribution < -0.4 is 5.32 Å². The first-order chi connectivity index (χ1) is 7.22. The standard InChI is InChI=1S/C9H13NO5/c1-2-8(11)13-4-3-10-9(12)15-6-7-5-14-7/h2,7H,1,3-6H2,(H,10,12). The fourth-order valence-corrected chi connectivity index (χ4v) is 0.748. The highest BCUT2D eigenvalue weighted by atomic mass is 16.6. The van der Waals surface area contributed by atoms with Crippen molar-refractivity contribution in [3.05, 3.63) is 12.7 Å². The Balaban J connectivity index is 1.91. The molecular weight excluding hydrogens is 202 g/mol. The van der Waals surface area contributed by atoms with Gasteiger partial charge in [-0.25, -0.2) is 9.59 Å². The maximum Gasteiger partial charge on any atom is 0.407 e. The van der Waals surface area contributed by atoms with Crippen LogP contribution in [0.1, 0.15) is 0 Å². The zero-order valence-corrected chi connectivity index (χ0v) is 8.23. The lowest BCUT2D eigenvalue weighted by atomic mass is 10.5. The third-order valence-corrected chi connectivity index (χ3v) is 1.59.